The molecule has 0 spiro atoms. The van der Waals surface area contributed by atoms with Gasteiger partial charge in [0.25, 0.3) is 0 Å². The summed E-state index contributed by atoms with van der Waals surface area (Å²) in [6.07, 6.45) is -1.70. The fourth-order valence-electron chi connectivity index (χ4n) is 1.79. The molecule has 0 atom stereocenters. The first-order valence-electron chi connectivity index (χ1n) is 5.77. The Balaban J connectivity index is 2.35. The average molecular weight is 274 g/mol. The first-order chi connectivity index (χ1) is 8.91. The second-order valence-electron chi connectivity index (χ2n) is 4.36. The molecule has 0 saturated heterocycles. The number of ether oxygens (including phenoxy) is 1. The Morgan fingerprint density at radius 3 is 2.53 bits per heavy atom. The van der Waals surface area contributed by atoms with Crippen molar-refractivity contribution in [3.05, 3.63) is 29.3 Å². The smallest absolute Gasteiger partial charge is 0.417 e. The van der Waals surface area contributed by atoms with Crippen molar-refractivity contribution < 1.29 is 23.1 Å². The van der Waals surface area contributed by atoms with E-state index in [0.717, 1.165) is 31.4 Å². The zero-order chi connectivity index (χ0) is 14.0. The van der Waals surface area contributed by atoms with E-state index < -0.39 is 17.6 Å². The Hall–Kier alpha value is -1.92. The molecule has 0 aromatic heterocycles. The van der Waals surface area contributed by atoms with E-state index in [4.69, 9.17) is 15.7 Å². The van der Waals surface area contributed by atoms with Gasteiger partial charge >= 0.3 is 6.18 Å². The van der Waals surface area contributed by atoms with Gasteiger partial charge in [0.05, 0.1) is 11.7 Å². The lowest BCUT2D eigenvalue weighted by atomic mass is 9.96. The molecule has 0 heterocycles. The molecule has 7 heteroatoms. The van der Waals surface area contributed by atoms with Crippen molar-refractivity contribution in [1.29, 1.82) is 0 Å². The molecule has 19 heavy (non-hydrogen) atoms. The Labute approximate surface area is 107 Å². The third kappa shape index (κ3) is 2.91. The summed E-state index contributed by atoms with van der Waals surface area (Å²) in [5.41, 5.74) is 3.94. The summed E-state index contributed by atoms with van der Waals surface area (Å²) >= 11 is 0. The van der Waals surface area contributed by atoms with Crippen LogP contribution in [-0.2, 0) is 6.18 Å². The summed E-state index contributed by atoms with van der Waals surface area (Å²) in [5, 5.41) is 11.2. The maximum Gasteiger partial charge on any atom is 0.417 e. The maximum absolute atomic E-state index is 12.8. The summed E-state index contributed by atoms with van der Waals surface area (Å²) in [6, 6.07) is 3.27. The van der Waals surface area contributed by atoms with Crippen molar-refractivity contribution in [2.75, 3.05) is 0 Å². The van der Waals surface area contributed by atoms with Gasteiger partial charge in [0.15, 0.2) is 5.84 Å². The SMILES string of the molecule is N/C(=N/O)c1cc(OC2CCC2)ccc1C(F)(F)F. The first-order valence-corrected chi connectivity index (χ1v) is 5.77. The lowest BCUT2D eigenvalue weighted by molar-refractivity contribution is -0.137. The van der Waals surface area contributed by atoms with E-state index >= 15 is 0 Å². The molecule has 2 rings (SSSR count). The second-order valence-corrected chi connectivity index (χ2v) is 4.36. The van der Waals surface area contributed by atoms with E-state index in [1.807, 2.05) is 0 Å². The van der Waals surface area contributed by atoms with Crippen LogP contribution in [0.15, 0.2) is 23.4 Å². The van der Waals surface area contributed by atoms with Gasteiger partial charge in [-0.25, -0.2) is 0 Å². The van der Waals surface area contributed by atoms with E-state index in [-0.39, 0.29) is 11.7 Å². The number of hydrogen-bond acceptors (Lipinski definition) is 3. The largest absolute Gasteiger partial charge is 0.490 e. The summed E-state index contributed by atoms with van der Waals surface area (Å²) < 4.78 is 43.8. The topological polar surface area (TPSA) is 67.8 Å². The number of rotatable bonds is 3. The van der Waals surface area contributed by atoms with Gasteiger partial charge in [-0.3, -0.25) is 0 Å². The summed E-state index contributed by atoms with van der Waals surface area (Å²) in [4.78, 5) is 0. The fraction of sp³-hybridized carbons (Fsp3) is 0.417. The van der Waals surface area contributed by atoms with Gasteiger partial charge in [0.1, 0.15) is 5.75 Å². The molecule has 0 bridgehead atoms. The van der Waals surface area contributed by atoms with Crippen molar-refractivity contribution >= 4 is 5.84 Å². The Morgan fingerprint density at radius 1 is 1.37 bits per heavy atom. The van der Waals surface area contributed by atoms with Gasteiger partial charge in [0.2, 0.25) is 0 Å². The van der Waals surface area contributed by atoms with Crippen LogP contribution >= 0.6 is 0 Å². The summed E-state index contributed by atoms with van der Waals surface area (Å²) in [6.45, 7) is 0. The summed E-state index contributed by atoms with van der Waals surface area (Å²) in [7, 11) is 0. The molecule has 0 radical (unpaired) electrons. The molecule has 0 unspecified atom stereocenters. The minimum Gasteiger partial charge on any atom is -0.490 e. The standard InChI is InChI=1S/C12H13F3N2O2/c13-12(14,15)10-5-4-8(19-7-2-1-3-7)6-9(10)11(16)17-18/h4-7,18H,1-3H2,(H2,16,17). The van der Waals surface area contributed by atoms with Gasteiger partial charge in [-0.2, -0.15) is 13.2 Å². The third-order valence-electron chi connectivity index (χ3n) is 3.04. The van der Waals surface area contributed by atoms with Gasteiger partial charge in [-0.15, -0.1) is 0 Å². The quantitative estimate of drug-likeness (QED) is 0.385. The monoisotopic (exact) mass is 274 g/mol. The first kappa shape index (κ1) is 13.5. The molecule has 0 amide bonds. The number of nitrogens with two attached hydrogens (primary N) is 1. The number of amidine groups is 1. The second kappa shape index (κ2) is 4.99. The van der Waals surface area contributed by atoms with Crippen LogP contribution < -0.4 is 10.5 Å². The third-order valence-corrected chi connectivity index (χ3v) is 3.04. The fourth-order valence-corrected chi connectivity index (χ4v) is 1.79. The highest BCUT2D eigenvalue weighted by atomic mass is 19.4. The summed E-state index contributed by atoms with van der Waals surface area (Å²) in [5.74, 6) is -0.300. The van der Waals surface area contributed by atoms with Crippen LogP contribution in [0.2, 0.25) is 0 Å². The number of halogens is 3. The van der Waals surface area contributed by atoms with Crippen LogP contribution in [0.4, 0.5) is 13.2 Å². The number of alkyl halides is 3. The van der Waals surface area contributed by atoms with E-state index in [9.17, 15) is 13.2 Å². The Morgan fingerprint density at radius 2 is 2.05 bits per heavy atom. The average Bonchev–Trinajstić information content (AvgIpc) is 2.31. The lowest BCUT2D eigenvalue weighted by Gasteiger charge is -2.26. The number of oxime groups is 1. The van der Waals surface area contributed by atoms with E-state index in [2.05, 4.69) is 5.16 Å². The Bertz CT molecular complexity index is 496. The lowest BCUT2D eigenvalue weighted by Crippen LogP contribution is -2.25. The van der Waals surface area contributed by atoms with Crippen LogP contribution in [0.3, 0.4) is 0 Å². The van der Waals surface area contributed by atoms with Gasteiger partial charge in [-0.1, -0.05) is 5.16 Å². The predicted molar refractivity (Wildman–Crippen MR) is 62.2 cm³/mol. The highest BCUT2D eigenvalue weighted by Gasteiger charge is 2.34. The molecule has 0 aliphatic heterocycles. The maximum atomic E-state index is 12.8. The molecule has 1 aliphatic carbocycles. The van der Waals surface area contributed by atoms with Gasteiger partial charge in [0, 0.05) is 5.56 Å². The van der Waals surface area contributed by atoms with Crippen molar-refractivity contribution in [1.82, 2.24) is 0 Å². The predicted octanol–water partition coefficient (Wildman–Crippen LogP) is 2.73. The highest BCUT2D eigenvalue weighted by Crippen LogP contribution is 2.34. The minimum absolute atomic E-state index is 0.0388. The van der Waals surface area contributed by atoms with E-state index in [1.165, 1.54) is 6.07 Å². The molecule has 4 nitrogen and oxygen atoms in total. The molecule has 1 fully saturated rings. The van der Waals surface area contributed by atoms with Crippen molar-refractivity contribution in [3.8, 4) is 5.75 Å². The van der Waals surface area contributed by atoms with E-state index in [0.29, 0.717) is 5.75 Å². The van der Waals surface area contributed by atoms with Crippen molar-refractivity contribution in [2.24, 2.45) is 10.9 Å². The van der Waals surface area contributed by atoms with E-state index in [1.54, 1.807) is 0 Å². The molecule has 104 valence electrons. The molecular weight excluding hydrogens is 261 g/mol. The number of hydrogen-bond donors (Lipinski definition) is 2. The van der Waals surface area contributed by atoms with Crippen LogP contribution in [0.5, 0.6) is 5.75 Å². The number of nitrogens with zero attached hydrogens (tertiary/aromatic N) is 1. The molecule has 3 N–H and O–H groups in total. The van der Waals surface area contributed by atoms with Crippen LogP contribution in [-0.4, -0.2) is 17.1 Å². The van der Waals surface area contributed by atoms with Crippen LogP contribution in [0.25, 0.3) is 0 Å². The zero-order valence-corrected chi connectivity index (χ0v) is 9.94. The Kier molecular flexibility index (Phi) is 3.55. The van der Waals surface area contributed by atoms with Gasteiger partial charge < -0.3 is 15.7 Å². The van der Waals surface area contributed by atoms with Gasteiger partial charge in [-0.05, 0) is 37.5 Å². The molecule has 1 aliphatic rings. The van der Waals surface area contributed by atoms with Crippen molar-refractivity contribution in [3.63, 3.8) is 0 Å². The molecule has 1 saturated carbocycles. The number of benzene rings is 1. The highest BCUT2D eigenvalue weighted by molar-refractivity contribution is 5.99. The normalized spacial score (nSPS) is 17.1. The zero-order valence-electron chi connectivity index (χ0n) is 9.94. The molecular formula is C12H13F3N2O2. The minimum atomic E-state index is -4.57. The van der Waals surface area contributed by atoms with Crippen LogP contribution in [0, 0.1) is 0 Å². The molecule has 1 aromatic carbocycles. The van der Waals surface area contributed by atoms with Crippen LogP contribution in [0.1, 0.15) is 30.4 Å². The molecule has 1 aromatic rings. The van der Waals surface area contributed by atoms with Crippen molar-refractivity contribution in [2.45, 2.75) is 31.5 Å².